The first-order valence-electron chi connectivity index (χ1n) is 7.75. The summed E-state index contributed by atoms with van der Waals surface area (Å²) in [6.07, 6.45) is 0. The van der Waals surface area contributed by atoms with Gasteiger partial charge < -0.3 is 19.4 Å². The minimum Gasteiger partial charge on any atom is -0.872 e. The van der Waals surface area contributed by atoms with Gasteiger partial charge in [0.2, 0.25) is 0 Å². The maximum atomic E-state index is 12.1. The minimum atomic E-state index is -1.31. The summed E-state index contributed by atoms with van der Waals surface area (Å²) in [5.74, 6) is -1.20. The Morgan fingerprint density at radius 3 is 2.28 bits per heavy atom. The number of benzene rings is 3. The van der Waals surface area contributed by atoms with E-state index in [-0.39, 0.29) is 75.9 Å². The van der Waals surface area contributed by atoms with Crippen molar-refractivity contribution in [3.63, 3.8) is 0 Å². The van der Waals surface area contributed by atoms with E-state index in [2.05, 4.69) is 0 Å². The van der Waals surface area contributed by atoms with Crippen molar-refractivity contribution in [2.75, 3.05) is 0 Å². The van der Waals surface area contributed by atoms with Gasteiger partial charge >= 0.3 is 59.1 Å². The number of fused-ring (bicyclic) bond motifs is 2. The molecule has 1 heterocycles. The van der Waals surface area contributed by atoms with Crippen LogP contribution in [0.25, 0.3) is 33.4 Å². The van der Waals surface area contributed by atoms with Crippen LogP contribution in [-0.4, -0.2) is 5.97 Å². The van der Waals surface area contributed by atoms with Crippen LogP contribution in [0.3, 0.4) is 0 Å². The van der Waals surface area contributed by atoms with E-state index >= 15 is 0 Å². The molecule has 0 radical (unpaired) electrons. The number of aromatic carboxylic acids is 1. The maximum Gasteiger partial charge on any atom is 1.00 e. The largest absolute Gasteiger partial charge is 1.00 e. The first kappa shape index (κ1) is 25.1. The fourth-order valence-corrected chi connectivity index (χ4v) is 4.25. The van der Waals surface area contributed by atoms with Gasteiger partial charge in [-0.1, -0.05) is 42.1 Å². The molecular weight excluding hydrogens is 620 g/mol. The number of hydrogen-bond donors (Lipinski definition) is 0. The molecular formula is C20H8I2Na2O5. The van der Waals surface area contributed by atoms with Crippen LogP contribution in [0.1, 0.15) is 10.4 Å². The van der Waals surface area contributed by atoms with E-state index in [1.807, 2.05) is 45.2 Å². The van der Waals surface area contributed by atoms with Crippen LogP contribution < -0.4 is 74.8 Å². The summed E-state index contributed by atoms with van der Waals surface area (Å²) in [6.45, 7) is 0. The van der Waals surface area contributed by atoms with Crippen molar-refractivity contribution >= 4 is 62.1 Å². The molecule has 0 N–H and O–H groups in total. The smallest absolute Gasteiger partial charge is 0.872 e. The average Bonchev–Trinajstić information content (AvgIpc) is 2.66. The van der Waals surface area contributed by atoms with Crippen molar-refractivity contribution in [3.05, 3.63) is 71.5 Å². The van der Waals surface area contributed by atoms with Crippen molar-refractivity contribution < 1.29 is 78.5 Å². The van der Waals surface area contributed by atoms with Gasteiger partial charge in [-0.3, -0.25) is 4.79 Å². The number of carboxylic acid groups (broad SMARTS) is 1. The molecule has 0 fully saturated rings. The second-order valence-corrected chi connectivity index (χ2v) is 7.98. The molecule has 9 heteroatoms. The van der Waals surface area contributed by atoms with E-state index in [9.17, 15) is 19.8 Å². The summed E-state index contributed by atoms with van der Waals surface area (Å²) in [7, 11) is 0. The van der Waals surface area contributed by atoms with E-state index < -0.39 is 5.97 Å². The molecule has 29 heavy (non-hydrogen) atoms. The molecule has 0 saturated heterocycles. The molecule has 0 amide bonds. The van der Waals surface area contributed by atoms with Crippen molar-refractivity contribution in [1.82, 2.24) is 0 Å². The van der Waals surface area contributed by atoms with E-state index in [4.69, 9.17) is 4.42 Å². The first-order chi connectivity index (χ1) is 12.9. The molecule has 0 saturated carbocycles. The molecule has 0 bridgehead atoms. The zero-order valence-corrected chi connectivity index (χ0v) is 23.7. The normalized spacial score (nSPS) is 10.4. The number of rotatable bonds is 2. The molecule has 134 valence electrons. The van der Waals surface area contributed by atoms with Gasteiger partial charge in [0.25, 0.3) is 0 Å². The van der Waals surface area contributed by atoms with Gasteiger partial charge in [-0.25, -0.2) is 0 Å². The number of carbonyl (C=O) groups excluding carboxylic acids is 1. The molecule has 4 rings (SSSR count). The summed E-state index contributed by atoms with van der Waals surface area (Å²) >= 11 is 3.80. The second-order valence-electron chi connectivity index (χ2n) is 5.82. The summed E-state index contributed by atoms with van der Waals surface area (Å²) in [5.41, 5.74) is 1.75. The number of halogens is 2. The minimum absolute atomic E-state index is 0. The Kier molecular flexibility index (Phi) is 8.65. The van der Waals surface area contributed by atoms with Gasteiger partial charge in [0.05, 0.1) is 5.97 Å². The summed E-state index contributed by atoms with van der Waals surface area (Å²) in [5, 5.41) is 24.4. The molecule has 2 aliphatic rings. The number of carbonyl (C=O) groups is 1. The third-order valence-electron chi connectivity index (χ3n) is 4.28. The Labute approximate surface area is 237 Å². The van der Waals surface area contributed by atoms with Crippen LogP contribution in [0.15, 0.2) is 57.7 Å². The topological polar surface area (TPSA) is 93.4 Å². The van der Waals surface area contributed by atoms with Crippen LogP contribution in [0.4, 0.5) is 0 Å². The summed E-state index contributed by atoms with van der Waals surface area (Å²) in [6, 6.07) is 12.5. The van der Waals surface area contributed by atoms with Crippen molar-refractivity contribution in [2.24, 2.45) is 0 Å². The van der Waals surface area contributed by atoms with Crippen molar-refractivity contribution in [2.45, 2.75) is 0 Å². The second kappa shape index (κ2) is 9.99. The summed E-state index contributed by atoms with van der Waals surface area (Å²) < 4.78 is 6.69. The van der Waals surface area contributed by atoms with Crippen LogP contribution >= 0.6 is 45.2 Å². The fourth-order valence-electron chi connectivity index (χ4n) is 3.09. The molecule has 0 aromatic heterocycles. The Hall–Kier alpha value is -0.140. The number of carboxylic acids is 1. The Balaban J connectivity index is 0.00000150. The van der Waals surface area contributed by atoms with Gasteiger partial charge in [0.15, 0.2) is 11.2 Å². The molecule has 2 aromatic carbocycles. The SMILES string of the molecule is O=C([O-])c1ccccc1-c1c2ccc(=O)c(I)c-2oc2c(I)c([O-])ccc12.[Na+].[Na+]. The summed E-state index contributed by atoms with van der Waals surface area (Å²) in [4.78, 5) is 23.8. The molecule has 0 spiro atoms. The Morgan fingerprint density at radius 2 is 1.59 bits per heavy atom. The van der Waals surface area contributed by atoms with E-state index in [1.165, 1.54) is 18.2 Å². The first-order valence-corrected chi connectivity index (χ1v) is 9.91. The number of hydrogen-bond acceptors (Lipinski definition) is 5. The zero-order valence-electron chi connectivity index (χ0n) is 15.4. The van der Waals surface area contributed by atoms with E-state index in [0.717, 1.165) is 0 Å². The van der Waals surface area contributed by atoms with Crippen molar-refractivity contribution in [3.8, 4) is 28.2 Å². The molecule has 0 atom stereocenters. The zero-order chi connectivity index (χ0) is 19.3. The Bertz CT molecular complexity index is 1270. The van der Waals surface area contributed by atoms with Crippen molar-refractivity contribution in [1.29, 1.82) is 0 Å². The van der Waals surface area contributed by atoms with Crippen LogP contribution in [0.2, 0.25) is 0 Å². The van der Waals surface area contributed by atoms with Crippen LogP contribution in [0, 0.1) is 7.14 Å². The van der Waals surface area contributed by atoms with Gasteiger partial charge in [-0.2, -0.15) is 0 Å². The third kappa shape index (κ3) is 4.43. The predicted molar refractivity (Wildman–Crippen MR) is 114 cm³/mol. The molecule has 0 unspecified atom stereocenters. The standard InChI is InChI=1S/C20H10I2O5.2Na/c21-16-13(23)7-5-11-15(9-3-1-2-4-10(9)20(25)26)12-6-8-14(24)17(22)19(12)27-18(11)16;;/h1-8,23H,(H,25,26);;/q;2*+1/p-2. The molecule has 1 aliphatic heterocycles. The quantitative estimate of drug-likeness (QED) is 0.136. The third-order valence-corrected chi connectivity index (χ3v) is 6.33. The average molecular weight is 628 g/mol. The van der Waals surface area contributed by atoms with E-state index in [1.54, 1.807) is 30.3 Å². The van der Waals surface area contributed by atoms with Gasteiger partial charge in [0, 0.05) is 25.6 Å². The molecule has 2 aromatic rings. The molecule has 1 aliphatic carbocycles. The predicted octanol–water partition coefficient (Wildman–Crippen LogP) is -2.78. The van der Waals surface area contributed by atoms with Crippen LogP contribution in [-0.2, 0) is 0 Å². The van der Waals surface area contributed by atoms with Crippen LogP contribution in [0.5, 0.6) is 5.75 Å². The van der Waals surface area contributed by atoms with E-state index in [0.29, 0.717) is 40.6 Å². The van der Waals surface area contributed by atoms with Gasteiger partial charge in [0.1, 0.15) is 9.15 Å². The van der Waals surface area contributed by atoms with Gasteiger partial charge in [-0.15, -0.1) is 0 Å². The van der Waals surface area contributed by atoms with Gasteiger partial charge in [-0.05, 0) is 62.9 Å². The fraction of sp³-hybridized carbons (Fsp3) is 0. The molecule has 5 nitrogen and oxygen atoms in total. The Morgan fingerprint density at radius 1 is 0.897 bits per heavy atom. The monoisotopic (exact) mass is 628 g/mol. The maximum absolute atomic E-state index is 12.1.